The Kier molecular flexibility index (Phi) is 4.08. The van der Waals surface area contributed by atoms with Gasteiger partial charge in [0.05, 0.1) is 31.0 Å². The molecule has 0 saturated heterocycles. The molecule has 0 bridgehead atoms. The fraction of sp³-hybridized carbons (Fsp3) is 0.333. The Balaban J connectivity index is 1.67. The number of aromatic amines is 1. The molecule has 2 heterocycles. The standard InChI is InChI=1S/C15H16FN3O2/c16-12-4-2-1-3-10(12)7-17-8-14-18-13-5-6-21-9-11(13)15(20)19-14/h1-4,17H,5-9H2,(H,18,19,20). The monoisotopic (exact) mass is 289 g/mol. The normalized spacial score (nSPS) is 14.0. The van der Waals surface area contributed by atoms with Gasteiger partial charge in [-0.05, 0) is 6.07 Å². The lowest BCUT2D eigenvalue weighted by Gasteiger charge is -2.15. The highest BCUT2D eigenvalue weighted by Gasteiger charge is 2.15. The van der Waals surface area contributed by atoms with Crippen molar-refractivity contribution in [2.75, 3.05) is 6.61 Å². The van der Waals surface area contributed by atoms with E-state index < -0.39 is 0 Å². The molecule has 5 nitrogen and oxygen atoms in total. The van der Waals surface area contributed by atoms with E-state index in [1.165, 1.54) is 6.07 Å². The summed E-state index contributed by atoms with van der Waals surface area (Å²) in [7, 11) is 0. The smallest absolute Gasteiger partial charge is 0.256 e. The van der Waals surface area contributed by atoms with Crippen LogP contribution in [0.3, 0.4) is 0 Å². The molecule has 2 aromatic rings. The van der Waals surface area contributed by atoms with Crippen molar-refractivity contribution in [2.24, 2.45) is 0 Å². The van der Waals surface area contributed by atoms with Gasteiger partial charge in [-0.3, -0.25) is 4.79 Å². The minimum absolute atomic E-state index is 0.151. The first-order valence-electron chi connectivity index (χ1n) is 6.87. The Bertz CT molecular complexity index is 700. The van der Waals surface area contributed by atoms with E-state index in [2.05, 4.69) is 15.3 Å². The molecule has 0 radical (unpaired) electrons. The van der Waals surface area contributed by atoms with E-state index in [0.29, 0.717) is 49.7 Å². The van der Waals surface area contributed by atoms with E-state index in [4.69, 9.17) is 4.74 Å². The largest absolute Gasteiger partial charge is 0.376 e. The van der Waals surface area contributed by atoms with Crippen LogP contribution in [0.2, 0.25) is 0 Å². The quantitative estimate of drug-likeness (QED) is 0.889. The van der Waals surface area contributed by atoms with E-state index in [9.17, 15) is 9.18 Å². The fourth-order valence-corrected chi connectivity index (χ4v) is 2.34. The molecule has 0 unspecified atom stereocenters. The second-order valence-corrected chi connectivity index (χ2v) is 4.94. The minimum atomic E-state index is -0.242. The average molecular weight is 289 g/mol. The van der Waals surface area contributed by atoms with Gasteiger partial charge in [-0.1, -0.05) is 18.2 Å². The maximum absolute atomic E-state index is 13.5. The molecule has 3 rings (SSSR count). The van der Waals surface area contributed by atoms with E-state index in [0.717, 1.165) is 5.69 Å². The van der Waals surface area contributed by atoms with Crippen molar-refractivity contribution in [3.05, 3.63) is 63.1 Å². The lowest BCUT2D eigenvalue weighted by atomic mass is 10.1. The summed E-state index contributed by atoms with van der Waals surface area (Å²) in [5.41, 5.74) is 1.85. The van der Waals surface area contributed by atoms with Crippen molar-refractivity contribution < 1.29 is 9.13 Å². The molecule has 0 atom stereocenters. The number of hydrogen-bond acceptors (Lipinski definition) is 4. The van der Waals surface area contributed by atoms with Crippen LogP contribution in [0.25, 0.3) is 0 Å². The van der Waals surface area contributed by atoms with Crippen molar-refractivity contribution >= 4 is 0 Å². The SMILES string of the molecule is O=c1[nH]c(CNCc2ccccc2F)nc2c1COCC2. The van der Waals surface area contributed by atoms with Gasteiger partial charge >= 0.3 is 0 Å². The third-order valence-electron chi connectivity index (χ3n) is 3.45. The topological polar surface area (TPSA) is 67.0 Å². The summed E-state index contributed by atoms with van der Waals surface area (Å²) < 4.78 is 18.7. The highest BCUT2D eigenvalue weighted by atomic mass is 19.1. The number of rotatable bonds is 4. The molecule has 1 aromatic carbocycles. The van der Waals surface area contributed by atoms with Gasteiger partial charge in [0.25, 0.3) is 5.56 Å². The van der Waals surface area contributed by atoms with Gasteiger partial charge < -0.3 is 15.0 Å². The highest BCUT2D eigenvalue weighted by Crippen LogP contribution is 2.10. The van der Waals surface area contributed by atoms with Crippen LogP contribution in [0.4, 0.5) is 4.39 Å². The summed E-state index contributed by atoms with van der Waals surface area (Å²) in [5, 5.41) is 3.09. The first kappa shape index (κ1) is 13.9. The zero-order valence-corrected chi connectivity index (χ0v) is 11.5. The fourth-order valence-electron chi connectivity index (χ4n) is 2.34. The second kappa shape index (κ2) is 6.15. The molecule has 110 valence electrons. The lowest BCUT2D eigenvalue weighted by molar-refractivity contribution is 0.108. The first-order chi connectivity index (χ1) is 10.2. The molecule has 0 amide bonds. The predicted molar refractivity (Wildman–Crippen MR) is 75.2 cm³/mol. The number of halogens is 1. The van der Waals surface area contributed by atoms with Crippen molar-refractivity contribution in [1.29, 1.82) is 0 Å². The highest BCUT2D eigenvalue weighted by molar-refractivity contribution is 5.19. The lowest BCUT2D eigenvalue weighted by Crippen LogP contribution is -2.27. The van der Waals surface area contributed by atoms with Crippen LogP contribution >= 0.6 is 0 Å². The molecule has 0 spiro atoms. The third kappa shape index (κ3) is 3.17. The number of benzene rings is 1. The Morgan fingerprint density at radius 3 is 3.05 bits per heavy atom. The van der Waals surface area contributed by atoms with Gasteiger partial charge in [-0.25, -0.2) is 9.37 Å². The molecular formula is C15H16FN3O2. The summed E-state index contributed by atoms with van der Waals surface area (Å²) in [4.78, 5) is 19.1. The zero-order chi connectivity index (χ0) is 14.7. The number of hydrogen-bond donors (Lipinski definition) is 2. The number of fused-ring (bicyclic) bond motifs is 1. The number of nitrogens with one attached hydrogen (secondary N) is 2. The van der Waals surface area contributed by atoms with Gasteiger partial charge in [-0.15, -0.1) is 0 Å². The molecule has 21 heavy (non-hydrogen) atoms. The van der Waals surface area contributed by atoms with E-state index in [1.807, 2.05) is 0 Å². The molecule has 0 fully saturated rings. The molecule has 1 aromatic heterocycles. The van der Waals surface area contributed by atoms with E-state index >= 15 is 0 Å². The average Bonchev–Trinajstić information content (AvgIpc) is 2.49. The number of aromatic nitrogens is 2. The van der Waals surface area contributed by atoms with Crippen molar-refractivity contribution in [3.8, 4) is 0 Å². The molecular weight excluding hydrogens is 273 g/mol. The molecule has 0 saturated carbocycles. The summed E-state index contributed by atoms with van der Waals surface area (Å²) in [6.45, 7) is 1.68. The predicted octanol–water partition coefficient (Wildman–Crippen LogP) is 1.27. The van der Waals surface area contributed by atoms with Crippen LogP contribution in [0.5, 0.6) is 0 Å². The first-order valence-corrected chi connectivity index (χ1v) is 6.87. The van der Waals surface area contributed by atoms with Gasteiger partial charge in [0, 0.05) is 18.5 Å². The van der Waals surface area contributed by atoms with Crippen LogP contribution < -0.4 is 10.9 Å². The van der Waals surface area contributed by atoms with Gasteiger partial charge in [-0.2, -0.15) is 0 Å². The molecule has 0 aliphatic carbocycles. The summed E-state index contributed by atoms with van der Waals surface area (Å²) in [6, 6.07) is 6.60. The third-order valence-corrected chi connectivity index (χ3v) is 3.45. The number of nitrogens with zero attached hydrogens (tertiary/aromatic N) is 1. The Hall–Kier alpha value is -2.05. The second-order valence-electron chi connectivity index (χ2n) is 4.94. The van der Waals surface area contributed by atoms with E-state index in [1.54, 1.807) is 18.2 Å². The maximum Gasteiger partial charge on any atom is 0.256 e. The van der Waals surface area contributed by atoms with E-state index in [-0.39, 0.29) is 11.4 Å². The Morgan fingerprint density at radius 2 is 2.19 bits per heavy atom. The summed E-state index contributed by atoms with van der Waals surface area (Å²) in [5.74, 6) is 0.325. The Labute approximate surface area is 121 Å². The van der Waals surface area contributed by atoms with Gasteiger partial charge in [0.1, 0.15) is 11.6 Å². The minimum Gasteiger partial charge on any atom is -0.376 e. The molecule has 6 heteroatoms. The number of H-pyrrole nitrogens is 1. The van der Waals surface area contributed by atoms with Crippen LogP contribution in [0, 0.1) is 5.82 Å². The van der Waals surface area contributed by atoms with Crippen LogP contribution in [0.1, 0.15) is 22.6 Å². The van der Waals surface area contributed by atoms with Gasteiger partial charge in [0.15, 0.2) is 0 Å². The van der Waals surface area contributed by atoms with Crippen molar-refractivity contribution in [1.82, 2.24) is 15.3 Å². The molecule has 2 N–H and O–H groups in total. The molecule has 1 aliphatic heterocycles. The van der Waals surface area contributed by atoms with Crippen LogP contribution in [-0.2, 0) is 30.9 Å². The number of ether oxygens (including phenoxy) is 1. The van der Waals surface area contributed by atoms with Gasteiger partial charge in [0.2, 0.25) is 0 Å². The van der Waals surface area contributed by atoms with Crippen LogP contribution in [0.15, 0.2) is 29.1 Å². The Morgan fingerprint density at radius 1 is 1.33 bits per heavy atom. The van der Waals surface area contributed by atoms with Crippen molar-refractivity contribution in [3.63, 3.8) is 0 Å². The molecule has 1 aliphatic rings. The van der Waals surface area contributed by atoms with Crippen molar-refractivity contribution in [2.45, 2.75) is 26.1 Å². The van der Waals surface area contributed by atoms with Crippen LogP contribution in [-0.4, -0.2) is 16.6 Å². The summed E-state index contributed by atoms with van der Waals surface area (Å²) >= 11 is 0. The zero-order valence-electron chi connectivity index (χ0n) is 11.5. The summed E-state index contributed by atoms with van der Waals surface area (Å²) in [6.07, 6.45) is 0.652. The maximum atomic E-state index is 13.5.